The summed E-state index contributed by atoms with van der Waals surface area (Å²) in [5, 5.41) is 10.2. The molecule has 0 bridgehead atoms. The number of aliphatic hydroxyl groups is 1. The number of hydrogen-bond acceptors (Lipinski definition) is 5. The fourth-order valence-corrected chi connectivity index (χ4v) is 2.27. The highest BCUT2D eigenvalue weighted by atomic mass is 35.5. The Hall–Kier alpha value is -1.07. The van der Waals surface area contributed by atoms with Gasteiger partial charge in [0.2, 0.25) is 5.95 Å². The first kappa shape index (κ1) is 12.4. The third kappa shape index (κ3) is 2.79. The molecular weight excluding hydrogens is 240 g/mol. The van der Waals surface area contributed by atoms with Crippen molar-refractivity contribution in [2.45, 2.75) is 32.3 Å². The summed E-state index contributed by atoms with van der Waals surface area (Å²) in [5.41, 5.74) is 6.34. The van der Waals surface area contributed by atoms with Crippen molar-refractivity contribution >= 4 is 23.4 Å². The molecule has 6 heteroatoms. The Labute approximate surface area is 106 Å². The van der Waals surface area contributed by atoms with Gasteiger partial charge in [0.05, 0.1) is 11.8 Å². The molecule has 1 atom stereocenters. The van der Waals surface area contributed by atoms with Crippen molar-refractivity contribution in [3.8, 4) is 0 Å². The van der Waals surface area contributed by atoms with Crippen LogP contribution in [0.3, 0.4) is 0 Å². The van der Waals surface area contributed by atoms with E-state index >= 15 is 0 Å². The minimum absolute atomic E-state index is 0.223. The lowest BCUT2D eigenvalue weighted by molar-refractivity contribution is 0.161. The van der Waals surface area contributed by atoms with Crippen molar-refractivity contribution in [3.63, 3.8) is 0 Å². The summed E-state index contributed by atoms with van der Waals surface area (Å²) in [6, 6.07) is 0. The van der Waals surface area contributed by atoms with Gasteiger partial charge in [-0.25, -0.2) is 4.98 Å². The van der Waals surface area contributed by atoms with Crippen LogP contribution in [0.2, 0.25) is 5.02 Å². The molecule has 0 saturated carbocycles. The topological polar surface area (TPSA) is 75.3 Å². The second kappa shape index (κ2) is 5.06. The van der Waals surface area contributed by atoms with Crippen molar-refractivity contribution in [2.75, 3.05) is 23.7 Å². The predicted octanol–water partition coefficient (Wildman–Crippen LogP) is 1.37. The van der Waals surface area contributed by atoms with Gasteiger partial charge < -0.3 is 15.7 Å². The Kier molecular flexibility index (Phi) is 3.69. The molecule has 0 amide bonds. The molecule has 1 aromatic heterocycles. The number of anilines is 2. The largest absolute Gasteiger partial charge is 0.393 e. The van der Waals surface area contributed by atoms with Gasteiger partial charge in [0, 0.05) is 13.1 Å². The van der Waals surface area contributed by atoms with Crippen molar-refractivity contribution in [1.29, 1.82) is 0 Å². The molecule has 2 heterocycles. The average molecular weight is 257 g/mol. The number of hydrogen-bond donors (Lipinski definition) is 2. The van der Waals surface area contributed by atoms with Crippen LogP contribution >= 0.6 is 11.6 Å². The monoisotopic (exact) mass is 256 g/mol. The Balaban J connectivity index is 2.26. The molecule has 0 radical (unpaired) electrons. The van der Waals surface area contributed by atoms with Crippen LogP contribution in [-0.2, 0) is 0 Å². The van der Waals surface area contributed by atoms with Gasteiger partial charge in [-0.3, -0.25) is 0 Å². The SMILES string of the molecule is Cc1nc(N)nc(N2CCCC(O)CC2)c1Cl. The minimum Gasteiger partial charge on any atom is -0.393 e. The standard InChI is InChI=1S/C11H17ClN4O/c1-7-9(12)10(15-11(13)14-7)16-5-2-3-8(17)4-6-16/h8,17H,2-6H2,1H3,(H2,13,14,15). The summed E-state index contributed by atoms with van der Waals surface area (Å²) in [7, 11) is 0. The van der Waals surface area contributed by atoms with E-state index in [0.717, 1.165) is 32.4 Å². The van der Waals surface area contributed by atoms with Gasteiger partial charge >= 0.3 is 0 Å². The highest BCUT2D eigenvalue weighted by molar-refractivity contribution is 6.33. The van der Waals surface area contributed by atoms with E-state index in [1.165, 1.54) is 0 Å². The number of nitrogen functional groups attached to an aromatic ring is 1. The van der Waals surface area contributed by atoms with Crippen LogP contribution in [-0.4, -0.2) is 34.3 Å². The fraction of sp³-hybridized carbons (Fsp3) is 0.636. The number of rotatable bonds is 1. The normalized spacial score (nSPS) is 21.4. The Morgan fingerprint density at radius 1 is 1.35 bits per heavy atom. The maximum absolute atomic E-state index is 9.62. The minimum atomic E-state index is -0.223. The van der Waals surface area contributed by atoms with E-state index in [9.17, 15) is 5.11 Å². The zero-order chi connectivity index (χ0) is 12.4. The van der Waals surface area contributed by atoms with Gasteiger partial charge in [-0.1, -0.05) is 11.6 Å². The zero-order valence-electron chi connectivity index (χ0n) is 9.86. The molecule has 1 aromatic rings. The fourth-order valence-electron chi connectivity index (χ4n) is 2.07. The molecule has 0 aliphatic carbocycles. The maximum atomic E-state index is 9.62. The highest BCUT2D eigenvalue weighted by Gasteiger charge is 2.19. The first-order valence-electron chi connectivity index (χ1n) is 5.80. The summed E-state index contributed by atoms with van der Waals surface area (Å²) in [4.78, 5) is 10.3. The number of nitrogens with two attached hydrogens (primary N) is 1. The predicted molar refractivity (Wildman–Crippen MR) is 68.3 cm³/mol. The highest BCUT2D eigenvalue weighted by Crippen LogP contribution is 2.28. The van der Waals surface area contributed by atoms with Gasteiger partial charge in [0.25, 0.3) is 0 Å². The molecule has 0 spiro atoms. The van der Waals surface area contributed by atoms with E-state index in [1.54, 1.807) is 0 Å². The van der Waals surface area contributed by atoms with Crippen LogP contribution in [0.25, 0.3) is 0 Å². The van der Waals surface area contributed by atoms with E-state index in [4.69, 9.17) is 17.3 Å². The van der Waals surface area contributed by atoms with Crippen LogP contribution in [0.1, 0.15) is 25.0 Å². The molecular formula is C11H17ClN4O. The lowest BCUT2D eigenvalue weighted by Gasteiger charge is -2.23. The molecule has 1 aliphatic rings. The number of halogens is 1. The maximum Gasteiger partial charge on any atom is 0.222 e. The van der Waals surface area contributed by atoms with E-state index in [2.05, 4.69) is 14.9 Å². The molecule has 5 nitrogen and oxygen atoms in total. The van der Waals surface area contributed by atoms with Crippen molar-refractivity contribution in [1.82, 2.24) is 9.97 Å². The smallest absolute Gasteiger partial charge is 0.222 e. The molecule has 1 saturated heterocycles. The molecule has 1 unspecified atom stereocenters. The number of aryl methyl sites for hydroxylation is 1. The Morgan fingerprint density at radius 3 is 2.88 bits per heavy atom. The van der Waals surface area contributed by atoms with Gasteiger partial charge in [0.1, 0.15) is 5.02 Å². The van der Waals surface area contributed by atoms with Crippen molar-refractivity contribution < 1.29 is 5.11 Å². The number of aromatic nitrogens is 2. The van der Waals surface area contributed by atoms with Crippen LogP contribution in [0, 0.1) is 6.92 Å². The second-order valence-electron chi connectivity index (χ2n) is 4.38. The molecule has 94 valence electrons. The van der Waals surface area contributed by atoms with Gasteiger partial charge in [-0.15, -0.1) is 0 Å². The quantitative estimate of drug-likeness (QED) is 0.794. The van der Waals surface area contributed by atoms with Gasteiger partial charge in [-0.05, 0) is 26.2 Å². The second-order valence-corrected chi connectivity index (χ2v) is 4.75. The lowest BCUT2D eigenvalue weighted by Crippen LogP contribution is -2.26. The third-order valence-electron chi connectivity index (χ3n) is 3.01. The number of nitrogens with zero attached hydrogens (tertiary/aromatic N) is 3. The average Bonchev–Trinajstić information content (AvgIpc) is 2.48. The van der Waals surface area contributed by atoms with Crippen LogP contribution < -0.4 is 10.6 Å². The van der Waals surface area contributed by atoms with Crippen LogP contribution in [0.15, 0.2) is 0 Å². The first-order chi connectivity index (χ1) is 8.08. The molecule has 0 aromatic carbocycles. The van der Waals surface area contributed by atoms with Gasteiger partial charge in [0.15, 0.2) is 5.82 Å². The van der Waals surface area contributed by atoms with E-state index in [-0.39, 0.29) is 12.1 Å². The molecule has 2 rings (SSSR count). The molecule has 3 N–H and O–H groups in total. The van der Waals surface area contributed by atoms with Crippen molar-refractivity contribution in [3.05, 3.63) is 10.7 Å². The molecule has 1 aliphatic heterocycles. The molecule has 1 fully saturated rings. The van der Waals surface area contributed by atoms with Crippen LogP contribution in [0.5, 0.6) is 0 Å². The lowest BCUT2D eigenvalue weighted by atomic mass is 10.2. The summed E-state index contributed by atoms with van der Waals surface area (Å²) in [5.74, 6) is 0.928. The summed E-state index contributed by atoms with van der Waals surface area (Å²) < 4.78 is 0. The van der Waals surface area contributed by atoms with E-state index < -0.39 is 0 Å². The Bertz CT molecular complexity index is 413. The number of aliphatic hydroxyl groups excluding tert-OH is 1. The van der Waals surface area contributed by atoms with Gasteiger partial charge in [-0.2, -0.15) is 4.98 Å². The third-order valence-corrected chi connectivity index (χ3v) is 3.46. The zero-order valence-corrected chi connectivity index (χ0v) is 10.6. The first-order valence-corrected chi connectivity index (χ1v) is 6.18. The van der Waals surface area contributed by atoms with E-state index in [1.807, 2.05) is 6.92 Å². The molecule has 17 heavy (non-hydrogen) atoms. The summed E-state index contributed by atoms with van der Waals surface area (Å²) >= 11 is 6.20. The summed E-state index contributed by atoms with van der Waals surface area (Å²) in [6.45, 7) is 3.40. The van der Waals surface area contributed by atoms with Crippen molar-refractivity contribution in [2.24, 2.45) is 0 Å². The van der Waals surface area contributed by atoms with Crippen LogP contribution in [0.4, 0.5) is 11.8 Å². The van der Waals surface area contributed by atoms with E-state index in [0.29, 0.717) is 16.5 Å². The Morgan fingerprint density at radius 2 is 2.12 bits per heavy atom. The summed E-state index contributed by atoms with van der Waals surface area (Å²) in [6.07, 6.45) is 2.27.